The highest BCUT2D eigenvalue weighted by Gasteiger charge is 2.13. The van der Waals surface area contributed by atoms with Crippen molar-refractivity contribution in [1.29, 1.82) is 0 Å². The van der Waals surface area contributed by atoms with Crippen LogP contribution in [0.25, 0.3) is 0 Å². The molecular weight excluding hydrogens is 257 g/mol. The van der Waals surface area contributed by atoms with Crippen LogP contribution in [-0.4, -0.2) is 11.1 Å². The van der Waals surface area contributed by atoms with Gasteiger partial charge >= 0.3 is 0 Å². The van der Waals surface area contributed by atoms with Crippen molar-refractivity contribution in [3.8, 4) is 0 Å². The van der Waals surface area contributed by atoms with Gasteiger partial charge in [0, 0.05) is 5.56 Å². The maximum Gasteiger partial charge on any atom is 0.136 e. The van der Waals surface area contributed by atoms with Crippen LogP contribution < -0.4 is 0 Å². The normalized spacial score (nSPS) is 18.0. The number of nitrogens with zero attached hydrogens (tertiary/aromatic N) is 1. The van der Waals surface area contributed by atoms with Crippen LogP contribution in [0, 0.1) is 0 Å². The molecule has 0 bridgehead atoms. The molecule has 94 valence electrons. The first-order valence-corrected chi connectivity index (χ1v) is 6.94. The Morgan fingerprint density at radius 2 is 1.82 bits per heavy atom. The van der Waals surface area contributed by atoms with Gasteiger partial charge in [0.1, 0.15) is 10.3 Å². The molecule has 0 unspecified atom stereocenters. The lowest BCUT2D eigenvalue weighted by Crippen LogP contribution is -2.11. The quantitative estimate of drug-likeness (QED) is 0.592. The van der Waals surface area contributed by atoms with Crippen molar-refractivity contribution < 1.29 is 4.74 Å². The number of pyridine rings is 1. The first kappa shape index (κ1) is 13.1. The molecular formula is C13H17Cl2NO. The molecule has 4 heteroatoms. The Labute approximate surface area is 112 Å². The smallest absolute Gasteiger partial charge is 0.136 e. The first-order chi connectivity index (χ1) is 8.25. The molecule has 2 rings (SSSR count). The minimum atomic E-state index is 0.379. The summed E-state index contributed by atoms with van der Waals surface area (Å²) in [6.07, 6.45) is 7.93. The topological polar surface area (TPSA) is 22.1 Å². The van der Waals surface area contributed by atoms with Crippen molar-refractivity contribution in [2.24, 2.45) is 0 Å². The number of rotatable bonds is 3. The van der Waals surface area contributed by atoms with E-state index in [-0.39, 0.29) is 0 Å². The van der Waals surface area contributed by atoms with E-state index in [1.165, 1.54) is 38.5 Å². The molecule has 1 aliphatic carbocycles. The van der Waals surface area contributed by atoms with E-state index < -0.39 is 0 Å². The van der Waals surface area contributed by atoms with E-state index in [2.05, 4.69) is 4.98 Å². The Bertz CT molecular complexity index is 362. The molecule has 0 radical (unpaired) electrons. The molecule has 0 aromatic carbocycles. The monoisotopic (exact) mass is 273 g/mol. The van der Waals surface area contributed by atoms with Crippen molar-refractivity contribution in [2.75, 3.05) is 0 Å². The van der Waals surface area contributed by atoms with Crippen LogP contribution in [0.3, 0.4) is 0 Å². The van der Waals surface area contributed by atoms with Crippen LogP contribution in [0.1, 0.15) is 44.1 Å². The molecule has 17 heavy (non-hydrogen) atoms. The molecule has 0 saturated heterocycles. The van der Waals surface area contributed by atoms with E-state index in [0.29, 0.717) is 23.0 Å². The van der Waals surface area contributed by atoms with Crippen LogP contribution in [0.4, 0.5) is 0 Å². The summed E-state index contributed by atoms with van der Waals surface area (Å²) in [4.78, 5) is 4.01. The van der Waals surface area contributed by atoms with Gasteiger partial charge in [-0.3, -0.25) is 0 Å². The number of ether oxygens (including phenoxy) is 1. The number of aromatic nitrogens is 1. The molecule has 1 aromatic rings. The average molecular weight is 274 g/mol. The van der Waals surface area contributed by atoms with E-state index in [1.54, 1.807) is 6.07 Å². The van der Waals surface area contributed by atoms with Gasteiger partial charge in [-0.05, 0) is 18.9 Å². The third kappa shape index (κ3) is 4.13. The molecule has 1 aliphatic rings. The van der Waals surface area contributed by atoms with E-state index in [4.69, 9.17) is 27.9 Å². The molecule has 0 N–H and O–H groups in total. The Balaban J connectivity index is 1.88. The van der Waals surface area contributed by atoms with Crippen LogP contribution in [-0.2, 0) is 11.3 Å². The van der Waals surface area contributed by atoms with Gasteiger partial charge in [0.2, 0.25) is 0 Å². The zero-order valence-corrected chi connectivity index (χ0v) is 11.3. The van der Waals surface area contributed by atoms with E-state index >= 15 is 0 Å². The third-order valence-electron chi connectivity index (χ3n) is 3.17. The average Bonchev–Trinajstić information content (AvgIpc) is 2.56. The Morgan fingerprint density at radius 1 is 1.12 bits per heavy atom. The van der Waals surface area contributed by atoms with Crippen LogP contribution >= 0.6 is 23.2 Å². The standard InChI is InChI=1S/C13H17Cl2NO/c14-12-8-7-10(13(15)16-12)9-17-11-5-3-1-2-4-6-11/h7-8,11H,1-6,9H2. The Hall–Kier alpha value is -0.310. The van der Waals surface area contributed by atoms with Gasteiger partial charge in [-0.1, -0.05) is 55.0 Å². The highest BCUT2D eigenvalue weighted by Crippen LogP contribution is 2.23. The molecule has 0 atom stereocenters. The summed E-state index contributed by atoms with van der Waals surface area (Å²) in [6, 6.07) is 3.63. The molecule has 0 spiro atoms. The van der Waals surface area contributed by atoms with Gasteiger partial charge in [0.15, 0.2) is 0 Å². The third-order valence-corrected chi connectivity index (χ3v) is 3.71. The Morgan fingerprint density at radius 3 is 2.47 bits per heavy atom. The van der Waals surface area contributed by atoms with Gasteiger partial charge in [0.05, 0.1) is 12.7 Å². The van der Waals surface area contributed by atoms with E-state index in [9.17, 15) is 0 Å². The fraction of sp³-hybridized carbons (Fsp3) is 0.615. The van der Waals surface area contributed by atoms with Crippen molar-refractivity contribution in [1.82, 2.24) is 4.98 Å². The zero-order chi connectivity index (χ0) is 12.1. The van der Waals surface area contributed by atoms with Gasteiger partial charge in [0.25, 0.3) is 0 Å². The Kier molecular flexibility index (Phi) is 5.08. The lowest BCUT2D eigenvalue weighted by atomic mass is 10.1. The number of hydrogen-bond acceptors (Lipinski definition) is 2. The molecule has 1 fully saturated rings. The highest BCUT2D eigenvalue weighted by molar-refractivity contribution is 6.32. The second kappa shape index (κ2) is 6.58. The summed E-state index contributed by atoms with van der Waals surface area (Å²) in [7, 11) is 0. The van der Waals surface area contributed by atoms with E-state index in [1.807, 2.05) is 6.07 Å². The predicted molar refractivity (Wildman–Crippen MR) is 70.5 cm³/mol. The second-order valence-electron chi connectivity index (χ2n) is 4.51. The molecule has 2 nitrogen and oxygen atoms in total. The SMILES string of the molecule is Clc1ccc(COC2CCCCCC2)c(Cl)n1. The molecule has 1 aromatic heterocycles. The van der Waals surface area contributed by atoms with Gasteiger partial charge in [-0.15, -0.1) is 0 Å². The molecule has 0 aliphatic heterocycles. The van der Waals surface area contributed by atoms with Crippen molar-refractivity contribution >= 4 is 23.2 Å². The lowest BCUT2D eigenvalue weighted by molar-refractivity contribution is 0.0309. The van der Waals surface area contributed by atoms with Crippen molar-refractivity contribution in [3.63, 3.8) is 0 Å². The lowest BCUT2D eigenvalue weighted by Gasteiger charge is -2.15. The summed E-state index contributed by atoms with van der Waals surface area (Å²) in [5.41, 5.74) is 0.917. The predicted octanol–water partition coefficient (Wildman–Crippen LogP) is 4.63. The molecule has 0 amide bonds. The number of hydrogen-bond donors (Lipinski definition) is 0. The maximum atomic E-state index is 6.00. The maximum absolute atomic E-state index is 6.00. The van der Waals surface area contributed by atoms with E-state index in [0.717, 1.165) is 5.56 Å². The van der Waals surface area contributed by atoms with Gasteiger partial charge < -0.3 is 4.74 Å². The molecule has 1 heterocycles. The van der Waals surface area contributed by atoms with Crippen LogP contribution in [0.15, 0.2) is 12.1 Å². The highest BCUT2D eigenvalue weighted by atomic mass is 35.5. The van der Waals surface area contributed by atoms with Crippen LogP contribution in [0.5, 0.6) is 0 Å². The largest absolute Gasteiger partial charge is 0.373 e. The fourth-order valence-electron chi connectivity index (χ4n) is 2.16. The summed E-state index contributed by atoms with van der Waals surface area (Å²) < 4.78 is 5.90. The fourth-order valence-corrected chi connectivity index (χ4v) is 2.56. The first-order valence-electron chi connectivity index (χ1n) is 6.18. The zero-order valence-electron chi connectivity index (χ0n) is 9.79. The summed E-state index contributed by atoms with van der Waals surface area (Å²) in [6.45, 7) is 0.535. The van der Waals surface area contributed by atoms with Crippen LogP contribution in [0.2, 0.25) is 10.3 Å². The van der Waals surface area contributed by atoms with Gasteiger partial charge in [-0.2, -0.15) is 0 Å². The second-order valence-corrected chi connectivity index (χ2v) is 5.25. The van der Waals surface area contributed by atoms with Crippen molar-refractivity contribution in [2.45, 2.75) is 51.2 Å². The minimum absolute atomic E-state index is 0.379. The number of halogens is 2. The summed E-state index contributed by atoms with van der Waals surface area (Å²) in [5, 5.41) is 0.874. The van der Waals surface area contributed by atoms with Crippen molar-refractivity contribution in [3.05, 3.63) is 28.0 Å². The minimum Gasteiger partial charge on any atom is -0.373 e. The summed E-state index contributed by atoms with van der Waals surface area (Å²) in [5.74, 6) is 0. The molecule has 1 saturated carbocycles. The summed E-state index contributed by atoms with van der Waals surface area (Å²) >= 11 is 11.8. The van der Waals surface area contributed by atoms with Gasteiger partial charge in [-0.25, -0.2) is 4.98 Å².